The van der Waals surface area contributed by atoms with E-state index >= 15 is 0 Å². The first-order valence-corrected chi connectivity index (χ1v) is 6.26. The van der Waals surface area contributed by atoms with Crippen LogP contribution in [0, 0.1) is 5.41 Å². The van der Waals surface area contributed by atoms with Crippen molar-refractivity contribution in [1.29, 1.82) is 0 Å². The molecule has 3 N–H and O–H groups in total. The summed E-state index contributed by atoms with van der Waals surface area (Å²) in [6.45, 7) is 3.35. The molecule has 1 aliphatic carbocycles. The molecule has 0 spiro atoms. The summed E-state index contributed by atoms with van der Waals surface area (Å²) in [4.78, 5) is 0. The highest BCUT2D eigenvalue weighted by molar-refractivity contribution is 6.31. The van der Waals surface area contributed by atoms with Gasteiger partial charge in [0.15, 0.2) is 0 Å². The van der Waals surface area contributed by atoms with Crippen molar-refractivity contribution < 1.29 is 0 Å². The Balaban J connectivity index is 1.99. The van der Waals surface area contributed by atoms with Crippen LogP contribution in [0.3, 0.4) is 0 Å². The lowest BCUT2D eigenvalue weighted by molar-refractivity contribution is 0.362. The van der Waals surface area contributed by atoms with Gasteiger partial charge in [0.1, 0.15) is 0 Å². The van der Waals surface area contributed by atoms with Crippen LogP contribution in [0.15, 0.2) is 18.2 Å². The Bertz CT molecular complexity index is 370. The van der Waals surface area contributed by atoms with Gasteiger partial charge in [0, 0.05) is 11.6 Å². The van der Waals surface area contributed by atoms with Crippen molar-refractivity contribution in [3.63, 3.8) is 0 Å². The van der Waals surface area contributed by atoms with E-state index in [0.717, 1.165) is 17.9 Å². The summed E-state index contributed by atoms with van der Waals surface area (Å²) in [6.07, 6.45) is 5.34. The van der Waals surface area contributed by atoms with E-state index in [0.29, 0.717) is 10.4 Å². The van der Waals surface area contributed by atoms with Gasteiger partial charge in [0.2, 0.25) is 0 Å². The molecule has 88 valence electrons. The Morgan fingerprint density at radius 2 is 2.06 bits per heavy atom. The Morgan fingerprint density at radius 3 is 2.69 bits per heavy atom. The van der Waals surface area contributed by atoms with Crippen LogP contribution >= 0.6 is 11.6 Å². The fourth-order valence-electron chi connectivity index (χ4n) is 2.41. The second-order valence-electron chi connectivity index (χ2n) is 5.10. The third-order valence-corrected chi connectivity index (χ3v) is 3.76. The molecule has 0 aliphatic heterocycles. The van der Waals surface area contributed by atoms with Crippen LogP contribution < -0.4 is 11.1 Å². The minimum absolute atomic E-state index is 0.437. The van der Waals surface area contributed by atoms with Gasteiger partial charge in [-0.1, -0.05) is 31.4 Å². The molecule has 1 aromatic rings. The number of benzene rings is 1. The molecule has 0 atom stereocenters. The highest BCUT2D eigenvalue weighted by Gasteiger charge is 2.28. The molecule has 0 radical (unpaired) electrons. The van der Waals surface area contributed by atoms with E-state index in [1.807, 2.05) is 12.1 Å². The maximum atomic E-state index is 5.90. The van der Waals surface area contributed by atoms with E-state index in [4.69, 9.17) is 17.3 Å². The molecule has 3 heteroatoms. The average molecular weight is 239 g/mol. The zero-order chi connectivity index (χ0) is 11.6. The summed E-state index contributed by atoms with van der Waals surface area (Å²) < 4.78 is 0. The molecule has 1 fully saturated rings. The summed E-state index contributed by atoms with van der Waals surface area (Å²) in [7, 11) is 0. The average Bonchev–Trinajstić information content (AvgIpc) is 2.64. The van der Waals surface area contributed by atoms with Crippen molar-refractivity contribution in [2.75, 3.05) is 17.6 Å². The summed E-state index contributed by atoms with van der Waals surface area (Å²) in [5.74, 6) is 0. The number of rotatable bonds is 3. The molecule has 2 rings (SSSR count). The molecule has 0 aromatic heterocycles. The molecule has 0 heterocycles. The van der Waals surface area contributed by atoms with E-state index in [-0.39, 0.29) is 0 Å². The number of nitrogen functional groups attached to an aromatic ring is 1. The lowest BCUT2D eigenvalue weighted by Crippen LogP contribution is -2.23. The predicted molar refractivity (Wildman–Crippen MR) is 70.9 cm³/mol. The van der Waals surface area contributed by atoms with Gasteiger partial charge in [-0.3, -0.25) is 0 Å². The summed E-state index contributed by atoms with van der Waals surface area (Å²) in [5, 5.41) is 4.13. The number of nitrogens with one attached hydrogen (secondary N) is 1. The molecule has 0 unspecified atom stereocenters. The molecule has 1 aliphatic rings. The SMILES string of the molecule is CC1(CNc2ccc(Cl)cc2N)CCCC1. The number of nitrogens with two attached hydrogens (primary N) is 1. The molecule has 1 saturated carbocycles. The maximum Gasteiger partial charge on any atom is 0.0575 e. The normalized spacial score (nSPS) is 18.6. The van der Waals surface area contributed by atoms with Crippen LogP contribution in [0.5, 0.6) is 0 Å². The van der Waals surface area contributed by atoms with Crippen LogP contribution in [-0.4, -0.2) is 6.54 Å². The van der Waals surface area contributed by atoms with Crippen molar-refractivity contribution in [2.24, 2.45) is 5.41 Å². The first-order chi connectivity index (χ1) is 7.59. The van der Waals surface area contributed by atoms with Gasteiger partial charge in [0.05, 0.1) is 11.4 Å². The minimum atomic E-state index is 0.437. The Morgan fingerprint density at radius 1 is 1.38 bits per heavy atom. The van der Waals surface area contributed by atoms with Crippen molar-refractivity contribution >= 4 is 23.0 Å². The molecular formula is C13H19ClN2. The van der Waals surface area contributed by atoms with Crippen molar-refractivity contribution in [3.8, 4) is 0 Å². The highest BCUT2D eigenvalue weighted by atomic mass is 35.5. The largest absolute Gasteiger partial charge is 0.397 e. The molecule has 16 heavy (non-hydrogen) atoms. The van der Waals surface area contributed by atoms with E-state index < -0.39 is 0 Å². The van der Waals surface area contributed by atoms with Crippen LogP contribution in [-0.2, 0) is 0 Å². The standard InChI is InChI=1S/C13H19ClN2/c1-13(6-2-3-7-13)9-16-12-5-4-10(14)8-11(12)15/h4-5,8,16H,2-3,6-7,9,15H2,1H3. The van der Waals surface area contributed by atoms with Crippen LogP contribution in [0.4, 0.5) is 11.4 Å². The van der Waals surface area contributed by atoms with Crippen molar-refractivity contribution in [3.05, 3.63) is 23.2 Å². The van der Waals surface area contributed by atoms with Gasteiger partial charge in [0.25, 0.3) is 0 Å². The smallest absolute Gasteiger partial charge is 0.0575 e. The Labute approximate surface area is 102 Å². The maximum absolute atomic E-state index is 5.90. The lowest BCUT2D eigenvalue weighted by atomic mass is 9.89. The van der Waals surface area contributed by atoms with E-state index in [1.54, 1.807) is 6.07 Å². The molecule has 2 nitrogen and oxygen atoms in total. The van der Waals surface area contributed by atoms with Crippen LogP contribution in [0.1, 0.15) is 32.6 Å². The Hall–Kier alpha value is -0.890. The summed E-state index contributed by atoms with van der Waals surface area (Å²) >= 11 is 5.86. The van der Waals surface area contributed by atoms with E-state index in [9.17, 15) is 0 Å². The van der Waals surface area contributed by atoms with Gasteiger partial charge >= 0.3 is 0 Å². The zero-order valence-corrected chi connectivity index (χ0v) is 10.5. The molecule has 0 saturated heterocycles. The fourth-order valence-corrected chi connectivity index (χ4v) is 2.59. The minimum Gasteiger partial charge on any atom is -0.397 e. The zero-order valence-electron chi connectivity index (χ0n) is 9.72. The topological polar surface area (TPSA) is 38.0 Å². The van der Waals surface area contributed by atoms with Crippen LogP contribution in [0.2, 0.25) is 5.02 Å². The van der Waals surface area contributed by atoms with Crippen LogP contribution in [0.25, 0.3) is 0 Å². The quantitative estimate of drug-likeness (QED) is 0.784. The molecule has 0 amide bonds. The van der Waals surface area contributed by atoms with Gasteiger partial charge in [-0.2, -0.15) is 0 Å². The summed E-state index contributed by atoms with van der Waals surface area (Å²) in [6, 6.07) is 5.62. The number of anilines is 2. The van der Waals surface area contributed by atoms with Gasteiger partial charge in [-0.05, 0) is 36.5 Å². The van der Waals surface area contributed by atoms with Gasteiger partial charge in [-0.25, -0.2) is 0 Å². The van der Waals surface area contributed by atoms with E-state index in [2.05, 4.69) is 12.2 Å². The van der Waals surface area contributed by atoms with Gasteiger partial charge < -0.3 is 11.1 Å². The lowest BCUT2D eigenvalue weighted by Gasteiger charge is -2.24. The molecule has 1 aromatic carbocycles. The Kier molecular flexibility index (Phi) is 3.29. The van der Waals surface area contributed by atoms with Crippen molar-refractivity contribution in [1.82, 2.24) is 0 Å². The van der Waals surface area contributed by atoms with Gasteiger partial charge in [-0.15, -0.1) is 0 Å². The predicted octanol–water partition coefficient (Wildman–Crippen LogP) is 3.91. The summed E-state index contributed by atoms with van der Waals surface area (Å²) in [5.41, 5.74) is 8.07. The fraction of sp³-hybridized carbons (Fsp3) is 0.538. The first-order valence-electron chi connectivity index (χ1n) is 5.88. The number of halogens is 1. The second kappa shape index (κ2) is 4.54. The first kappa shape index (κ1) is 11.6. The molecular weight excluding hydrogens is 220 g/mol. The van der Waals surface area contributed by atoms with Crippen molar-refractivity contribution in [2.45, 2.75) is 32.6 Å². The molecule has 0 bridgehead atoms. The highest BCUT2D eigenvalue weighted by Crippen LogP contribution is 2.37. The third kappa shape index (κ3) is 2.62. The third-order valence-electron chi connectivity index (χ3n) is 3.53. The monoisotopic (exact) mass is 238 g/mol. The number of hydrogen-bond donors (Lipinski definition) is 2. The second-order valence-corrected chi connectivity index (χ2v) is 5.54. The number of hydrogen-bond acceptors (Lipinski definition) is 2. The van der Waals surface area contributed by atoms with E-state index in [1.165, 1.54) is 25.7 Å².